The first-order chi connectivity index (χ1) is 7.29. The molecule has 1 rings (SSSR count). The fraction of sp³-hybridized carbons (Fsp3) is 0.727. The molecular weight excluding hydrogens is 254 g/mol. The van der Waals surface area contributed by atoms with Gasteiger partial charge in [-0.2, -0.15) is 0 Å². The van der Waals surface area contributed by atoms with Crippen LogP contribution in [0, 0.1) is 0 Å². The second-order valence-electron chi connectivity index (χ2n) is 3.68. The van der Waals surface area contributed by atoms with Crippen molar-refractivity contribution in [2.45, 2.75) is 32.7 Å². The zero-order chi connectivity index (χ0) is 11.1. The minimum Gasteiger partial charge on any atom is -0.345 e. The molecule has 0 aliphatic rings. The van der Waals surface area contributed by atoms with E-state index >= 15 is 0 Å². The topological polar surface area (TPSA) is 21.1 Å². The zero-order valence-electron chi connectivity index (χ0n) is 9.62. The van der Waals surface area contributed by atoms with E-state index in [1.807, 2.05) is 12.4 Å². The standard InChI is InChI=1S/C11H20BrN3/c1-3-15-10-8-13-11(15)14(2)9-6-4-5-7-12/h8,10H,3-7,9H2,1-2H3. The molecule has 1 aromatic heterocycles. The summed E-state index contributed by atoms with van der Waals surface area (Å²) < 4.78 is 2.17. The zero-order valence-corrected chi connectivity index (χ0v) is 11.2. The Morgan fingerprint density at radius 2 is 2.20 bits per heavy atom. The fourth-order valence-corrected chi connectivity index (χ4v) is 2.00. The number of aromatic nitrogens is 2. The number of hydrogen-bond acceptors (Lipinski definition) is 2. The Bertz CT molecular complexity index is 273. The summed E-state index contributed by atoms with van der Waals surface area (Å²) in [5.41, 5.74) is 0. The van der Waals surface area contributed by atoms with Crippen LogP contribution in [0.2, 0.25) is 0 Å². The summed E-state index contributed by atoms with van der Waals surface area (Å²) >= 11 is 3.45. The van der Waals surface area contributed by atoms with Gasteiger partial charge in [-0.1, -0.05) is 22.4 Å². The molecule has 0 aliphatic carbocycles. The molecule has 1 aromatic rings. The highest BCUT2D eigenvalue weighted by Crippen LogP contribution is 2.10. The summed E-state index contributed by atoms with van der Waals surface area (Å²) in [6.45, 7) is 4.22. The van der Waals surface area contributed by atoms with Gasteiger partial charge in [0.15, 0.2) is 0 Å². The van der Waals surface area contributed by atoms with Crippen LogP contribution >= 0.6 is 15.9 Å². The lowest BCUT2D eigenvalue weighted by atomic mass is 10.2. The van der Waals surface area contributed by atoms with Gasteiger partial charge in [0.2, 0.25) is 5.95 Å². The molecule has 0 fully saturated rings. The maximum absolute atomic E-state index is 4.37. The van der Waals surface area contributed by atoms with Crippen LogP contribution in [-0.4, -0.2) is 28.5 Å². The quantitative estimate of drug-likeness (QED) is 0.563. The molecule has 0 radical (unpaired) electrons. The average molecular weight is 274 g/mol. The molecule has 1 heterocycles. The van der Waals surface area contributed by atoms with E-state index in [4.69, 9.17) is 0 Å². The van der Waals surface area contributed by atoms with Gasteiger partial charge in [0, 0.05) is 37.9 Å². The Morgan fingerprint density at radius 3 is 2.87 bits per heavy atom. The van der Waals surface area contributed by atoms with E-state index in [0.29, 0.717) is 0 Å². The van der Waals surface area contributed by atoms with Crippen molar-refractivity contribution in [1.29, 1.82) is 0 Å². The van der Waals surface area contributed by atoms with E-state index < -0.39 is 0 Å². The van der Waals surface area contributed by atoms with E-state index in [2.05, 4.69) is 44.4 Å². The number of imidazole rings is 1. The summed E-state index contributed by atoms with van der Waals surface area (Å²) in [5.74, 6) is 1.08. The maximum Gasteiger partial charge on any atom is 0.205 e. The van der Waals surface area contributed by atoms with Gasteiger partial charge in [-0.05, 0) is 19.8 Å². The Kier molecular flexibility index (Phi) is 5.76. The van der Waals surface area contributed by atoms with Crippen molar-refractivity contribution in [1.82, 2.24) is 9.55 Å². The van der Waals surface area contributed by atoms with Gasteiger partial charge in [-0.3, -0.25) is 0 Å². The number of rotatable bonds is 7. The molecule has 0 aromatic carbocycles. The highest BCUT2D eigenvalue weighted by Gasteiger charge is 2.06. The third-order valence-corrected chi connectivity index (χ3v) is 3.06. The molecule has 0 bridgehead atoms. The van der Waals surface area contributed by atoms with Crippen LogP contribution in [0.4, 0.5) is 5.95 Å². The van der Waals surface area contributed by atoms with Gasteiger partial charge < -0.3 is 9.47 Å². The summed E-state index contributed by atoms with van der Waals surface area (Å²) in [7, 11) is 2.11. The molecule has 0 amide bonds. The van der Waals surface area contributed by atoms with Gasteiger partial charge in [-0.25, -0.2) is 4.98 Å². The van der Waals surface area contributed by atoms with Crippen LogP contribution in [-0.2, 0) is 6.54 Å². The van der Waals surface area contributed by atoms with Crippen molar-refractivity contribution in [2.24, 2.45) is 0 Å². The molecule has 0 spiro atoms. The van der Waals surface area contributed by atoms with Crippen molar-refractivity contribution in [2.75, 3.05) is 23.8 Å². The van der Waals surface area contributed by atoms with Gasteiger partial charge >= 0.3 is 0 Å². The predicted octanol–water partition coefficient (Wildman–Crippen LogP) is 2.90. The van der Waals surface area contributed by atoms with Gasteiger partial charge in [0.1, 0.15) is 0 Å². The molecule has 0 saturated carbocycles. The second kappa shape index (κ2) is 6.88. The molecule has 0 saturated heterocycles. The van der Waals surface area contributed by atoms with Crippen molar-refractivity contribution in [3.63, 3.8) is 0 Å². The van der Waals surface area contributed by atoms with E-state index in [-0.39, 0.29) is 0 Å². The number of hydrogen-bond donors (Lipinski definition) is 0. The highest BCUT2D eigenvalue weighted by molar-refractivity contribution is 9.09. The fourth-order valence-electron chi connectivity index (χ4n) is 1.61. The number of halogens is 1. The lowest BCUT2D eigenvalue weighted by Crippen LogP contribution is -2.22. The number of nitrogens with zero attached hydrogens (tertiary/aromatic N) is 3. The molecule has 4 heteroatoms. The first-order valence-corrected chi connectivity index (χ1v) is 6.70. The smallest absolute Gasteiger partial charge is 0.205 e. The van der Waals surface area contributed by atoms with Crippen molar-refractivity contribution in [3.05, 3.63) is 12.4 Å². The first-order valence-electron chi connectivity index (χ1n) is 5.57. The molecular formula is C11H20BrN3. The van der Waals surface area contributed by atoms with Crippen LogP contribution in [0.25, 0.3) is 0 Å². The van der Waals surface area contributed by atoms with Gasteiger partial charge in [0.25, 0.3) is 0 Å². The summed E-state index contributed by atoms with van der Waals surface area (Å²) in [5, 5.41) is 1.11. The number of anilines is 1. The molecule has 3 nitrogen and oxygen atoms in total. The number of alkyl halides is 1. The predicted molar refractivity (Wildman–Crippen MR) is 68.8 cm³/mol. The minimum absolute atomic E-state index is 0.987. The monoisotopic (exact) mass is 273 g/mol. The second-order valence-corrected chi connectivity index (χ2v) is 4.48. The van der Waals surface area contributed by atoms with E-state index in [1.165, 1.54) is 19.3 Å². The lowest BCUT2D eigenvalue weighted by molar-refractivity contribution is 0.675. The summed E-state index contributed by atoms with van der Waals surface area (Å²) in [4.78, 5) is 6.60. The third kappa shape index (κ3) is 3.86. The van der Waals surface area contributed by atoms with Gasteiger partial charge in [0.05, 0.1) is 0 Å². The third-order valence-electron chi connectivity index (χ3n) is 2.50. The normalized spacial score (nSPS) is 10.6. The molecule has 0 N–H and O–H groups in total. The van der Waals surface area contributed by atoms with Crippen molar-refractivity contribution < 1.29 is 0 Å². The van der Waals surface area contributed by atoms with E-state index in [9.17, 15) is 0 Å². The molecule has 0 unspecified atom stereocenters. The largest absolute Gasteiger partial charge is 0.345 e. The summed E-state index contributed by atoms with van der Waals surface area (Å²) in [6, 6.07) is 0. The Morgan fingerprint density at radius 1 is 1.40 bits per heavy atom. The molecule has 15 heavy (non-hydrogen) atoms. The number of aryl methyl sites for hydroxylation is 1. The van der Waals surface area contributed by atoms with Crippen molar-refractivity contribution in [3.8, 4) is 0 Å². The van der Waals surface area contributed by atoms with Crippen LogP contribution in [0.5, 0.6) is 0 Å². The van der Waals surface area contributed by atoms with Crippen LogP contribution < -0.4 is 4.90 Å². The Labute approximate surface area is 101 Å². The first kappa shape index (κ1) is 12.6. The minimum atomic E-state index is 0.987. The highest BCUT2D eigenvalue weighted by atomic mass is 79.9. The summed E-state index contributed by atoms with van der Waals surface area (Å²) in [6.07, 6.45) is 7.68. The van der Waals surface area contributed by atoms with E-state index in [1.54, 1.807) is 0 Å². The molecule has 0 aliphatic heterocycles. The number of unbranched alkanes of at least 4 members (excludes halogenated alkanes) is 2. The van der Waals surface area contributed by atoms with Crippen LogP contribution in [0.1, 0.15) is 26.2 Å². The Hall–Kier alpha value is -0.510. The molecule has 0 atom stereocenters. The lowest BCUT2D eigenvalue weighted by Gasteiger charge is -2.18. The SMILES string of the molecule is CCn1ccnc1N(C)CCCCCBr. The maximum atomic E-state index is 4.37. The average Bonchev–Trinajstić information content (AvgIpc) is 2.72. The van der Waals surface area contributed by atoms with Crippen LogP contribution in [0.15, 0.2) is 12.4 Å². The van der Waals surface area contributed by atoms with Gasteiger partial charge in [-0.15, -0.1) is 0 Å². The Balaban J connectivity index is 2.36. The van der Waals surface area contributed by atoms with Crippen molar-refractivity contribution >= 4 is 21.9 Å². The van der Waals surface area contributed by atoms with E-state index in [0.717, 1.165) is 24.4 Å². The van der Waals surface area contributed by atoms with Crippen LogP contribution in [0.3, 0.4) is 0 Å². The molecule has 86 valence electrons.